The Morgan fingerprint density at radius 3 is 1.98 bits per heavy atom. The van der Waals surface area contributed by atoms with E-state index in [1.807, 2.05) is 24.3 Å². The van der Waals surface area contributed by atoms with E-state index in [9.17, 15) is 29.1 Å². The molecular weight excluding hydrogens is 678 g/mol. The summed E-state index contributed by atoms with van der Waals surface area (Å²) in [4.78, 5) is 65.1. The molecule has 0 saturated carbocycles. The average molecular weight is 730 g/mol. The molecule has 1 aliphatic carbocycles. The maximum atomic E-state index is 14.2. The van der Waals surface area contributed by atoms with Gasteiger partial charge in [-0.15, -0.1) is 0 Å². The molecule has 284 valence electrons. The first-order chi connectivity index (χ1) is 25.4. The molecule has 1 aliphatic rings. The third kappa shape index (κ3) is 10.8. The Balaban J connectivity index is 1.29. The number of primary amides is 2. The number of amides is 6. The number of hydrogen-bond acceptors (Lipinski definition) is 8. The first kappa shape index (κ1) is 40.3. The number of nitrogens with zero attached hydrogens (tertiary/aromatic N) is 1. The fourth-order valence-corrected chi connectivity index (χ4v) is 6.51. The molecule has 0 spiro atoms. The van der Waals surface area contributed by atoms with Crippen LogP contribution in [0.5, 0.6) is 0 Å². The zero-order valence-corrected chi connectivity index (χ0v) is 30.3. The van der Waals surface area contributed by atoms with Gasteiger partial charge in [-0.2, -0.15) is 0 Å². The van der Waals surface area contributed by atoms with Gasteiger partial charge < -0.3 is 43.0 Å². The molecule has 14 nitrogen and oxygen atoms in total. The molecular formula is C39H51N7O7. The number of aliphatic hydroxyl groups excluding tert-OH is 1. The lowest BCUT2D eigenvalue weighted by atomic mass is 9.98. The summed E-state index contributed by atoms with van der Waals surface area (Å²) in [5, 5.41) is 17.5. The highest BCUT2D eigenvalue weighted by Crippen LogP contribution is 2.44. The Morgan fingerprint density at radius 1 is 0.811 bits per heavy atom. The van der Waals surface area contributed by atoms with Crippen LogP contribution in [0.1, 0.15) is 68.6 Å². The van der Waals surface area contributed by atoms with E-state index >= 15 is 0 Å². The van der Waals surface area contributed by atoms with Gasteiger partial charge >= 0.3 is 12.1 Å². The lowest BCUT2D eigenvalue weighted by Gasteiger charge is -2.35. The number of benzene rings is 3. The second-order valence-corrected chi connectivity index (χ2v) is 13.5. The van der Waals surface area contributed by atoms with Gasteiger partial charge in [0, 0.05) is 24.7 Å². The number of unbranched alkanes of at least 4 members (excludes halogenated alkanes) is 1. The summed E-state index contributed by atoms with van der Waals surface area (Å²) in [5.41, 5.74) is 22.7. The van der Waals surface area contributed by atoms with Crippen LogP contribution in [0, 0.1) is 5.92 Å². The van der Waals surface area contributed by atoms with Crippen molar-refractivity contribution < 1.29 is 33.8 Å². The van der Waals surface area contributed by atoms with Crippen molar-refractivity contribution in [2.45, 2.75) is 76.6 Å². The molecule has 0 bridgehead atoms. The number of carbonyl (C=O) groups is 5. The molecule has 3 atom stereocenters. The molecule has 10 N–H and O–H groups in total. The minimum Gasteiger partial charge on any atom is -0.449 e. The van der Waals surface area contributed by atoms with Gasteiger partial charge in [-0.05, 0) is 78.0 Å². The predicted molar refractivity (Wildman–Crippen MR) is 201 cm³/mol. The highest BCUT2D eigenvalue weighted by molar-refractivity contribution is 6.04. The molecule has 0 saturated heterocycles. The van der Waals surface area contributed by atoms with Crippen molar-refractivity contribution in [3.63, 3.8) is 0 Å². The number of fused-ring (bicyclic) bond motifs is 3. The van der Waals surface area contributed by atoms with Crippen LogP contribution in [0.2, 0.25) is 0 Å². The van der Waals surface area contributed by atoms with Gasteiger partial charge in [0.05, 0.1) is 12.6 Å². The molecule has 0 radical (unpaired) electrons. The van der Waals surface area contributed by atoms with E-state index in [1.54, 1.807) is 38.1 Å². The highest BCUT2D eigenvalue weighted by atomic mass is 16.5. The van der Waals surface area contributed by atoms with Gasteiger partial charge in [-0.1, -0.05) is 74.5 Å². The van der Waals surface area contributed by atoms with Crippen molar-refractivity contribution in [2.75, 3.05) is 24.6 Å². The van der Waals surface area contributed by atoms with Crippen molar-refractivity contribution in [1.82, 2.24) is 16.0 Å². The van der Waals surface area contributed by atoms with Gasteiger partial charge in [0.2, 0.25) is 11.8 Å². The molecule has 53 heavy (non-hydrogen) atoms. The van der Waals surface area contributed by atoms with Crippen LogP contribution in [0.3, 0.4) is 0 Å². The average Bonchev–Trinajstić information content (AvgIpc) is 3.46. The Hall–Kier alpha value is -5.47. The predicted octanol–water partition coefficient (Wildman–Crippen LogP) is 2.99. The molecule has 0 heterocycles. The molecule has 6 amide bonds. The number of urea groups is 1. The second kappa shape index (κ2) is 19.4. The largest absolute Gasteiger partial charge is 0.449 e. The lowest BCUT2D eigenvalue weighted by molar-refractivity contribution is -0.130. The fraction of sp³-hybridized carbons (Fsp3) is 0.410. The van der Waals surface area contributed by atoms with Crippen LogP contribution in [-0.4, -0.2) is 72.8 Å². The van der Waals surface area contributed by atoms with Crippen LogP contribution < -0.4 is 38.1 Å². The standard InChI is InChI=1S/C39H51N7O7/c1-24(2)34(37(50)46(26-18-16-25(22-47)17-19-26)33(35(41)48)15-9-21-43-38(42)51)45-36(49)32(40)14-7-8-20-44-39(52)53-23-31-29-12-5-3-10-27(29)28-11-4-6-13-30(28)31/h3-6,10-13,16-19,24,31-34,47H,7-9,14-15,20-23,40H2,1-2H3,(H2,41,48)(H,44,52)(H,45,49)(H3,42,43,51)/t32-,33+,34-/m0/s1. The zero-order chi connectivity index (χ0) is 38.5. The monoisotopic (exact) mass is 729 g/mol. The molecule has 3 aromatic carbocycles. The van der Waals surface area contributed by atoms with E-state index < -0.39 is 53.9 Å². The molecule has 4 rings (SSSR count). The zero-order valence-electron chi connectivity index (χ0n) is 30.3. The maximum absolute atomic E-state index is 14.2. The number of carbonyl (C=O) groups excluding carboxylic acids is 5. The summed E-state index contributed by atoms with van der Waals surface area (Å²) < 4.78 is 5.59. The number of alkyl carbamates (subject to hydrolysis) is 1. The summed E-state index contributed by atoms with van der Waals surface area (Å²) in [6, 6.07) is 18.8. The van der Waals surface area contributed by atoms with E-state index in [-0.39, 0.29) is 38.5 Å². The minimum atomic E-state index is -1.12. The molecule has 3 aromatic rings. The number of rotatable bonds is 19. The fourth-order valence-electron chi connectivity index (χ4n) is 6.51. The molecule has 0 unspecified atom stereocenters. The third-order valence-electron chi connectivity index (χ3n) is 9.35. The van der Waals surface area contributed by atoms with E-state index in [1.165, 1.54) is 4.90 Å². The Morgan fingerprint density at radius 2 is 1.42 bits per heavy atom. The maximum Gasteiger partial charge on any atom is 0.407 e. The first-order valence-corrected chi connectivity index (χ1v) is 17.9. The van der Waals surface area contributed by atoms with Crippen LogP contribution in [0.4, 0.5) is 15.3 Å². The smallest absolute Gasteiger partial charge is 0.407 e. The third-order valence-corrected chi connectivity index (χ3v) is 9.35. The number of ether oxygens (including phenoxy) is 1. The van der Waals surface area contributed by atoms with Crippen molar-refractivity contribution in [3.05, 3.63) is 89.5 Å². The van der Waals surface area contributed by atoms with Crippen molar-refractivity contribution in [2.24, 2.45) is 23.1 Å². The molecule has 0 aliphatic heterocycles. The number of aliphatic hydroxyl groups is 1. The molecule has 0 fully saturated rings. The summed E-state index contributed by atoms with van der Waals surface area (Å²) >= 11 is 0. The number of nitrogens with two attached hydrogens (primary N) is 3. The Kier molecular flexibility index (Phi) is 14.7. The van der Waals surface area contributed by atoms with Gasteiger partial charge in [0.25, 0.3) is 5.91 Å². The molecule has 14 heteroatoms. The SMILES string of the molecule is CC(C)[C@H](NC(=O)[C@@H](N)CCCCNC(=O)OCC1c2ccccc2-c2ccccc21)C(=O)N(c1ccc(CO)cc1)[C@H](CCCNC(N)=O)C(N)=O. The topological polar surface area (TPSA) is 232 Å². The lowest BCUT2D eigenvalue weighted by Crippen LogP contribution is -2.59. The first-order valence-electron chi connectivity index (χ1n) is 17.9. The number of anilines is 1. The van der Waals surface area contributed by atoms with Gasteiger partial charge in [0.15, 0.2) is 0 Å². The minimum absolute atomic E-state index is 0.0441. The van der Waals surface area contributed by atoms with Gasteiger partial charge in [-0.3, -0.25) is 19.3 Å². The van der Waals surface area contributed by atoms with E-state index in [0.717, 1.165) is 22.3 Å². The number of nitrogens with one attached hydrogen (secondary N) is 3. The summed E-state index contributed by atoms with van der Waals surface area (Å²) in [6.07, 6.45) is 1.22. The van der Waals surface area contributed by atoms with Crippen LogP contribution in [0.15, 0.2) is 72.8 Å². The van der Waals surface area contributed by atoms with E-state index in [2.05, 4.69) is 40.2 Å². The van der Waals surface area contributed by atoms with Crippen molar-refractivity contribution >= 4 is 35.5 Å². The van der Waals surface area contributed by atoms with E-state index in [0.29, 0.717) is 37.1 Å². The Bertz CT molecular complexity index is 1690. The highest BCUT2D eigenvalue weighted by Gasteiger charge is 2.36. The quantitative estimate of drug-likeness (QED) is 0.0905. The van der Waals surface area contributed by atoms with Crippen molar-refractivity contribution in [1.29, 1.82) is 0 Å². The number of hydrogen-bond donors (Lipinski definition) is 7. The normalized spacial score (nSPS) is 13.6. The summed E-state index contributed by atoms with van der Waals surface area (Å²) in [7, 11) is 0. The van der Waals surface area contributed by atoms with Gasteiger partial charge in [-0.25, -0.2) is 9.59 Å². The molecule has 0 aromatic heterocycles. The summed E-state index contributed by atoms with van der Waals surface area (Å²) in [6.45, 7) is 3.98. The summed E-state index contributed by atoms with van der Waals surface area (Å²) in [5.74, 6) is -2.34. The van der Waals surface area contributed by atoms with Crippen LogP contribution in [0.25, 0.3) is 11.1 Å². The van der Waals surface area contributed by atoms with Gasteiger partial charge in [0.1, 0.15) is 18.7 Å². The van der Waals surface area contributed by atoms with Crippen LogP contribution in [-0.2, 0) is 25.7 Å². The van der Waals surface area contributed by atoms with E-state index in [4.69, 9.17) is 21.9 Å². The Labute approximate surface area is 309 Å². The van der Waals surface area contributed by atoms with Crippen LogP contribution >= 0.6 is 0 Å². The second-order valence-electron chi connectivity index (χ2n) is 13.5. The van der Waals surface area contributed by atoms with Crippen molar-refractivity contribution in [3.8, 4) is 11.1 Å².